The van der Waals surface area contributed by atoms with E-state index in [0.29, 0.717) is 30.3 Å². The van der Waals surface area contributed by atoms with Gasteiger partial charge in [-0.15, -0.1) is 24.0 Å². The largest absolute Gasteiger partial charge is 0.493 e. The van der Waals surface area contributed by atoms with E-state index in [1.54, 1.807) is 56.7 Å². The van der Waals surface area contributed by atoms with Gasteiger partial charge in [0.25, 0.3) is 0 Å². The molecule has 166 valence electrons. The molecule has 0 fully saturated rings. The fraction of sp³-hybridized carbons (Fsp3) is 0.350. The van der Waals surface area contributed by atoms with Gasteiger partial charge in [0.2, 0.25) is 10.0 Å². The van der Waals surface area contributed by atoms with Crippen molar-refractivity contribution in [1.82, 2.24) is 4.72 Å². The van der Waals surface area contributed by atoms with Crippen molar-refractivity contribution in [1.29, 1.82) is 0 Å². The van der Waals surface area contributed by atoms with E-state index < -0.39 is 10.0 Å². The van der Waals surface area contributed by atoms with Gasteiger partial charge in [0.1, 0.15) is 0 Å². The van der Waals surface area contributed by atoms with Gasteiger partial charge in [0.05, 0.1) is 25.7 Å². The van der Waals surface area contributed by atoms with Crippen LogP contribution in [-0.2, 0) is 16.6 Å². The summed E-state index contributed by atoms with van der Waals surface area (Å²) in [5, 5.41) is 2.99. The van der Waals surface area contributed by atoms with Gasteiger partial charge >= 0.3 is 0 Å². The lowest BCUT2D eigenvalue weighted by molar-refractivity contribution is 0.355. The number of sulfonamides is 1. The topological polar surface area (TPSA) is 115 Å². The zero-order valence-electron chi connectivity index (χ0n) is 17.5. The van der Waals surface area contributed by atoms with E-state index in [2.05, 4.69) is 15.0 Å². The van der Waals surface area contributed by atoms with Gasteiger partial charge < -0.3 is 20.5 Å². The molecule has 4 N–H and O–H groups in total. The minimum absolute atomic E-state index is 0. The molecule has 2 aromatic carbocycles. The number of nitrogens with zero attached hydrogens (tertiary/aromatic N) is 1. The molecule has 8 nitrogen and oxygen atoms in total. The van der Waals surface area contributed by atoms with Crippen LogP contribution in [0.25, 0.3) is 0 Å². The molecule has 0 amide bonds. The van der Waals surface area contributed by atoms with Gasteiger partial charge in [0.15, 0.2) is 17.5 Å². The second kappa shape index (κ2) is 12.0. The Hall–Kier alpha value is -2.05. The smallest absolute Gasteiger partial charge is 0.240 e. The highest BCUT2D eigenvalue weighted by molar-refractivity contribution is 14.0. The molecule has 0 saturated heterocycles. The van der Waals surface area contributed by atoms with Crippen LogP contribution in [-0.4, -0.2) is 35.1 Å². The van der Waals surface area contributed by atoms with Crippen LogP contribution in [0, 0.1) is 5.92 Å². The van der Waals surface area contributed by atoms with E-state index in [1.807, 2.05) is 13.8 Å². The number of anilines is 1. The van der Waals surface area contributed by atoms with Crippen LogP contribution in [0.5, 0.6) is 11.5 Å². The first-order valence-electron chi connectivity index (χ1n) is 9.12. The molecule has 0 unspecified atom stereocenters. The van der Waals surface area contributed by atoms with E-state index in [4.69, 9.17) is 15.2 Å². The van der Waals surface area contributed by atoms with Crippen molar-refractivity contribution in [2.75, 3.05) is 26.1 Å². The lowest BCUT2D eigenvalue weighted by atomic mass is 10.2. The SMILES string of the molecule is COc1ccc(NC(N)=NCc2ccc(S(=O)(=O)NCC(C)C)cc2)cc1OC.I. The summed E-state index contributed by atoms with van der Waals surface area (Å²) in [4.78, 5) is 4.51. The van der Waals surface area contributed by atoms with Crippen LogP contribution in [0.4, 0.5) is 5.69 Å². The molecule has 0 aliphatic heterocycles. The number of ether oxygens (including phenoxy) is 2. The Bertz CT molecular complexity index is 948. The summed E-state index contributed by atoms with van der Waals surface area (Å²) >= 11 is 0. The molecular weight excluding hydrogens is 519 g/mol. The molecule has 0 heterocycles. The Morgan fingerprint density at radius 1 is 1.07 bits per heavy atom. The first kappa shape index (κ1) is 26.0. The molecule has 0 aliphatic rings. The normalized spacial score (nSPS) is 11.7. The quantitative estimate of drug-likeness (QED) is 0.252. The number of hydrogen-bond donors (Lipinski definition) is 3. The minimum atomic E-state index is -3.50. The van der Waals surface area contributed by atoms with E-state index in [9.17, 15) is 8.42 Å². The summed E-state index contributed by atoms with van der Waals surface area (Å²) < 4.78 is 37.5. The van der Waals surface area contributed by atoms with Crippen molar-refractivity contribution in [2.45, 2.75) is 25.3 Å². The van der Waals surface area contributed by atoms with Gasteiger partial charge in [-0.3, -0.25) is 0 Å². The molecular formula is C20H29IN4O4S. The lowest BCUT2D eigenvalue weighted by Crippen LogP contribution is -2.27. The van der Waals surface area contributed by atoms with Crippen LogP contribution in [0.1, 0.15) is 19.4 Å². The van der Waals surface area contributed by atoms with Gasteiger partial charge in [-0.1, -0.05) is 26.0 Å². The highest BCUT2D eigenvalue weighted by Crippen LogP contribution is 2.29. The third kappa shape index (κ3) is 7.65. The third-order valence-electron chi connectivity index (χ3n) is 4.00. The molecule has 0 saturated carbocycles. The number of methoxy groups -OCH3 is 2. The first-order chi connectivity index (χ1) is 13.7. The Kier molecular flexibility index (Phi) is 10.4. The minimum Gasteiger partial charge on any atom is -0.493 e. The van der Waals surface area contributed by atoms with Gasteiger partial charge in [-0.2, -0.15) is 0 Å². The molecule has 0 spiro atoms. The number of hydrogen-bond acceptors (Lipinski definition) is 5. The molecule has 2 rings (SSSR count). The van der Waals surface area contributed by atoms with Crippen molar-refractivity contribution in [3.63, 3.8) is 0 Å². The van der Waals surface area contributed by atoms with Gasteiger partial charge in [-0.25, -0.2) is 18.1 Å². The van der Waals surface area contributed by atoms with Crippen LogP contribution >= 0.6 is 24.0 Å². The fourth-order valence-corrected chi connectivity index (χ4v) is 3.63. The summed E-state index contributed by atoms with van der Waals surface area (Å²) in [5.41, 5.74) is 7.49. The lowest BCUT2D eigenvalue weighted by Gasteiger charge is -2.11. The summed E-state index contributed by atoms with van der Waals surface area (Å²) in [6.45, 7) is 4.60. The number of benzene rings is 2. The molecule has 0 aromatic heterocycles. The van der Waals surface area contributed by atoms with Crippen molar-refractivity contribution in [3.05, 3.63) is 48.0 Å². The average molecular weight is 548 g/mol. The van der Waals surface area contributed by atoms with Crippen molar-refractivity contribution in [3.8, 4) is 11.5 Å². The van der Waals surface area contributed by atoms with E-state index in [0.717, 1.165) is 5.56 Å². The van der Waals surface area contributed by atoms with E-state index >= 15 is 0 Å². The molecule has 2 aromatic rings. The van der Waals surface area contributed by atoms with E-state index in [-0.39, 0.29) is 40.7 Å². The number of guanidine groups is 1. The number of nitrogens with two attached hydrogens (primary N) is 1. The first-order valence-corrected chi connectivity index (χ1v) is 10.6. The average Bonchev–Trinajstić information content (AvgIpc) is 2.71. The standard InChI is InChI=1S/C20H28N4O4S.HI/c1-14(2)12-23-29(25,26)17-8-5-15(6-9-17)13-22-20(21)24-16-7-10-18(27-3)19(11-16)28-4;/h5-11,14,23H,12-13H2,1-4H3,(H3,21,22,24);1H. The zero-order chi connectivity index (χ0) is 21.4. The Labute approximate surface area is 195 Å². The Balaban J connectivity index is 0.00000450. The highest BCUT2D eigenvalue weighted by atomic mass is 127. The predicted octanol–water partition coefficient (Wildman–Crippen LogP) is 3.18. The molecule has 10 heteroatoms. The van der Waals surface area contributed by atoms with Gasteiger partial charge in [0, 0.05) is 18.3 Å². The summed E-state index contributed by atoms with van der Waals surface area (Å²) in [6, 6.07) is 11.9. The van der Waals surface area contributed by atoms with Crippen LogP contribution in [0.3, 0.4) is 0 Å². The molecule has 0 bridgehead atoms. The van der Waals surface area contributed by atoms with Crippen molar-refractivity contribution >= 4 is 45.6 Å². The number of rotatable bonds is 9. The maximum atomic E-state index is 12.2. The van der Waals surface area contributed by atoms with Gasteiger partial charge in [-0.05, 0) is 35.7 Å². The summed E-state index contributed by atoms with van der Waals surface area (Å²) in [5.74, 6) is 1.66. The maximum Gasteiger partial charge on any atom is 0.240 e. The number of nitrogens with one attached hydrogen (secondary N) is 2. The maximum absolute atomic E-state index is 12.2. The second-order valence-electron chi connectivity index (χ2n) is 6.79. The van der Waals surface area contributed by atoms with Crippen molar-refractivity contribution in [2.24, 2.45) is 16.6 Å². The second-order valence-corrected chi connectivity index (χ2v) is 8.55. The molecule has 0 radical (unpaired) electrons. The van der Waals surface area contributed by atoms with Crippen LogP contribution in [0.2, 0.25) is 0 Å². The molecule has 30 heavy (non-hydrogen) atoms. The number of halogens is 1. The summed E-state index contributed by atoms with van der Waals surface area (Å²) in [7, 11) is -0.377. The van der Waals surface area contributed by atoms with Crippen LogP contribution in [0.15, 0.2) is 52.4 Å². The zero-order valence-corrected chi connectivity index (χ0v) is 20.7. The van der Waals surface area contributed by atoms with E-state index in [1.165, 1.54) is 0 Å². The number of aliphatic imine (C=N–C) groups is 1. The fourth-order valence-electron chi connectivity index (χ4n) is 2.41. The monoisotopic (exact) mass is 548 g/mol. The van der Waals surface area contributed by atoms with Crippen LogP contribution < -0.4 is 25.2 Å². The third-order valence-corrected chi connectivity index (χ3v) is 5.44. The van der Waals surface area contributed by atoms with Crippen molar-refractivity contribution < 1.29 is 17.9 Å². The molecule has 0 aliphatic carbocycles. The molecule has 0 atom stereocenters. The Morgan fingerprint density at radius 2 is 1.70 bits per heavy atom. The summed E-state index contributed by atoms with van der Waals surface area (Å²) in [6.07, 6.45) is 0. The Morgan fingerprint density at radius 3 is 2.27 bits per heavy atom. The predicted molar refractivity (Wildman–Crippen MR) is 130 cm³/mol. The highest BCUT2D eigenvalue weighted by Gasteiger charge is 2.13.